The molecule has 0 unspecified atom stereocenters. The standard InChI is InChI=1S/C12H13FN4/c1-8-3-4-9(13)10(7-8)16-11-5-6-15-12(14-2)17-11/h3-7H,1-2H3,(H2,14,15,16,17). The van der Waals surface area contributed by atoms with Gasteiger partial charge in [0.1, 0.15) is 11.6 Å². The first-order chi connectivity index (χ1) is 8.19. The molecule has 0 aliphatic carbocycles. The Kier molecular flexibility index (Phi) is 3.18. The Morgan fingerprint density at radius 1 is 1.24 bits per heavy atom. The van der Waals surface area contributed by atoms with Crippen molar-refractivity contribution in [2.45, 2.75) is 6.92 Å². The highest BCUT2D eigenvalue weighted by Crippen LogP contribution is 2.20. The molecule has 1 heterocycles. The Balaban J connectivity index is 2.27. The van der Waals surface area contributed by atoms with E-state index in [1.165, 1.54) is 6.07 Å². The predicted molar refractivity (Wildman–Crippen MR) is 66.0 cm³/mol. The van der Waals surface area contributed by atoms with Crippen LogP contribution in [0.1, 0.15) is 5.56 Å². The number of benzene rings is 1. The van der Waals surface area contributed by atoms with Gasteiger partial charge in [-0.2, -0.15) is 4.98 Å². The van der Waals surface area contributed by atoms with Crippen molar-refractivity contribution in [1.82, 2.24) is 9.97 Å². The lowest BCUT2D eigenvalue weighted by Crippen LogP contribution is -2.01. The highest BCUT2D eigenvalue weighted by atomic mass is 19.1. The smallest absolute Gasteiger partial charge is 0.224 e. The summed E-state index contributed by atoms with van der Waals surface area (Å²) in [4.78, 5) is 8.14. The highest BCUT2D eigenvalue weighted by Gasteiger charge is 2.04. The Bertz CT molecular complexity index is 528. The number of halogens is 1. The van der Waals surface area contributed by atoms with E-state index < -0.39 is 0 Å². The molecular weight excluding hydrogens is 219 g/mol. The molecule has 0 atom stereocenters. The van der Waals surface area contributed by atoms with Crippen molar-refractivity contribution in [3.63, 3.8) is 0 Å². The summed E-state index contributed by atoms with van der Waals surface area (Å²) in [6, 6.07) is 6.57. The van der Waals surface area contributed by atoms with Crippen LogP contribution in [0.2, 0.25) is 0 Å². The van der Waals surface area contributed by atoms with Gasteiger partial charge < -0.3 is 10.6 Å². The zero-order valence-electron chi connectivity index (χ0n) is 9.66. The molecule has 2 aromatic rings. The summed E-state index contributed by atoms with van der Waals surface area (Å²) >= 11 is 0. The van der Waals surface area contributed by atoms with Crippen molar-refractivity contribution in [3.8, 4) is 0 Å². The lowest BCUT2D eigenvalue weighted by molar-refractivity contribution is 0.631. The summed E-state index contributed by atoms with van der Waals surface area (Å²) in [7, 11) is 1.73. The molecule has 2 rings (SSSR count). The normalized spacial score (nSPS) is 10.1. The molecule has 88 valence electrons. The molecule has 0 saturated carbocycles. The molecule has 0 amide bonds. The number of rotatable bonds is 3. The second kappa shape index (κ2) is 4.78. The van der Waals surface area contributed by atoms with Crippen molar-refractivity contribution in [3.05, 3.63) is 41.8 Å². The van der Waals surface area contributed by atoms with Crippen molar-refractivity contribution in [1.29, 1.82) is 0 Å². The van der Waals surface area contributed by atoms with E-state index in [9.17, 15) is 4.39 Å². The minimum atomic E-state index is -0.305. The van der Waals surface area contributed by atoms with Crippen LogP contribution < -0.4 is 10.6 Å². The van der Waals surface area contributed by atoms with E-state index in [2.05, 4.69) is 20.6 Å². The fraction of sp³-hybridized carbons (Fsp3) is 0.167. The van der Waals surface area contributed by atoms with Crippen molar-refractivity contribution in [2.24, 2.45) is 0 Å². The Hall–Kier alpha value is -2.17. The van der Waals surface area contributed by atoms with Crippen LogP contribution in [0.5, 0.6) is 0 Å². The van der Waals surface area contributed by atoms with Crippen LogP contribution in [-0.2, 0) is 0 Å². The summed E-state index contributed by atoms with van der Waals surface area (Å²) in [6.45, 7) is 1.91. The lowest BCUT2D eigenvalue weighted by Gasteiger charge is -2.08. The summed E-state index contributed by atoms with van der Waals surface area (Å²) in [5.74, 6) is 0.733. The van der Waals surface area contributed by atoms with Crippen LogP contribution in [0.4, 0.5) is 21.8 Å². The van der Waals surface area contributed by atoms with Gasteiger partial charge in [-0.3, -0.25) is 0 Å². The maximum Gasteiger partial charge on any atom is 0.224 e. The number of hydrogen-bond acceptors (Lipinski definition) is 4. The third-order valence-corrected chi connectivity index (χ3v) is 2.26. The fourth-order valence-electron chi connectivity index (χ4n) is 1.42. The van der Waals surface area contributed by atoms with Gasteiger partial charge in [-0.15, -0.1) is 0 Å². The Morgan fingerprint density at radius 2 is 2.06 bits per heavy atom. The molecule has 1 aromatic heterocycles. The zero-order chi connectivity index (χ0) is 12.3. The van der Waals surface area contributed by atoms with E-state index in [1.54, 1.807) is 31.4 Å². The third kappa shape index (κ3) is 2.69. The largest absolute Gasteiger partial charge is 0.357 e. The van der Waals surface area contributed by atoms with E-state index >= 15 is 0 Å². The summed E-state index contributed by atoms with van der Waals surface area (Å²) in [5, 5.41) is 5.74. The molecule has 0 fully saturated rings. The first kappa shape index (κ1) is 11.3. The van der Waals surface area contributed by atoms with Crippen molar-refractivity contribution < 1.29 is 4.39 Å². The van der Waals surface area contributed by atoms with Crippen LogP contribution >= 0.6 is 0 Å². The number of aromatic nitrogens is 2. The molecule has 17 heavy (non-hydrogen) atoms. The second-order valence-corrected chi connectivity index (χ2v) is 3.62. The monoisotopic (exact) mass is 232 g/mol. The topological polar surface area (TPSA) is 49.8 Å². The number of hydrogen-bond donors (Lipinski definition) is 2. The summed E-state index contributed by atoms with van der Waals surface area (Å²) < 4.78 is 13.5. The predicted octanol–water partition coefficient (Wildman–Crippen LogP) is 2.71. The Labute approximate surface area is 98.9 Å². The van der Waals surface area contributed by atoms with Gasteiger partial charge in [0.25, 0.3) is 0 Å². The van der Waals surface area contributed by atoms with Gasteiger partial charge in [-0.05, 0) is 30.7 Å². The maximum absolute atomic E-state index is 13.5. The minimum Gasteiger partial charge on any atom is -0.357 e. The molecule has 1 aromatic carbocycles. The SMILES string of the molecule is CNc1nccc(Nc2cc(C)ccc2F)n1. The van der Waals surface area contributed by atoms with Gasteiger partial charge >= 0.3 is 0 Å². The van der Waals surface area contributed by atoms with Crippen LogP contribution in [0, 0.1) is 12.7 Å². The average Bonchev–Trinajstić information content (AvgIpc) is 2.34. The van der Waals surface area contributed by atoms with E-state index in [0.717, 1.165) is 5.56 Å². The van der Waals surface area contributed by atoms with Crippen LogP contribution in [0.3, 0.4) is 0 Å². The Morgan fingerprint density at radius 3 is 2.82 bits per heavy atom. The molecule has 5 heteroatoms. The van der Waals surface area contributed by atoms with Crippen LogP contribution in [0.25, 0.3) is 0 Å². The van der Waals surface area contributed by atoms with Gasteiger partial charge in [0.2, 0.25) is 5.95 Å². The summed E-state index contributed by atoms with van der Waals surface area (Å²) in [5.41, 5.74) is 1.39. The van der Waals surface area contributed by atoms with Crippen molar-refractivity contribution in [2.75, 3.05) is 17.7 Å². The molecule has 0 saturated heterocycles. The molecular formula is C12H13FN4. The van der Waals surface area contributed by atoms with E-state index in [1.807, 2.05) is 6.92 Å². The molecule has 0 aliphatic rings. The van der Waals surface area contributed by atoms with E-state index in [4.69, 9.17) is 0 Å². The quantitative estimate of drug-likeness (QED) is 0.854. The first-order valence-electron chi connectivity index (χ1n) is 5.23. The highest BCUT2D eigenvalue weighted by molar-refractivity contribution is 5.58. The van der Waals surface area contributed by atoms with E-state index in [-0.39, 0.29) is 5.82 Å². The third-order valence-electron chi connectivity index (χ3n) is 2.26. The molecule has 0 bridgehead atoms. The molecule has 0 spiro atoms. The van der Waals surface area contributed by atoms with Crippen molar-refractivity contribution >= 4 is 17.5 Å². The maximum atomic E-state index is 13.5. The molecule has 0 aliphatic heterocycles. The van der Waals surface area contributed by atoms with Crippen LogP contribution in [0.15, 0.2) is 30.5 Å². The number of nitrogens with one attached hydrogen (secondary N) is 2. The number of aryl methyl sites for hydroxylation is 1. The molecule has 0 radical (unpaired) electrons. The van der Waals surface area contributed by atoms with Gasteiger partial charge in [0.05, 0.1) is 5.69 Å². The van der Waals surface area contributed by atoms with Gasteiger partial charge in [0, 0.05) is 13.2 Å². The fourth-order valence-corrected chi connectivity index (χ4v) is 1.42. The zero-order valence-corrected chi connectivity index (χ0v) is 9.66. The number of anilines is 3. The van der Waals surface area contributed by atoms with Gasteiger partial charge in [0.15, 0.2) is 0 Å². The van der Waals surface area contributed by atoms with E-state index in [0.29, 0.717) is 17.5 Å². The number of nitrogens with zero attached hydrogens (tertiary/aromatic N) is 2. The second-order valence-electron chi connectivity index (χ2n) is 3.62. The van der Waals surface area contributed by atoms with Crippen LogP contribution in [-0.4, -0.2) is 17.0 Å². The van der Waals surface area contributed by atoms with Gasteiger partial charge in [-0.1, -0.05) is 6.07 Å². The molecule has 2 N–H and O–H groups in total. The average molecular weight is 232 g/mol. The summed E-state index contributed by atoms with van der Waals surface area (Å²) in [6.07, 6.45) is 1.61. The van der Waals surface area contributed by atoms with Gasteiger partial charge in [-0.25, -0.2) is 9.37 Å². The minimum absolute atomic E-state index is 0.305. The lowest BCUT2D eigenvalue weighted by atomic mass is 10.2. The first-order valence-corrected chi connectivity index (χ1v) is 5.23. The molecule has 4 nitrogen and oxygen atoms in total.